The van der Waals surface area contributed by atoms with Crippen molar-refractivity contribution in [3.05, 3.63) is 47.8 Å². The molecule has 1 saturated heterocycles. The minimum absolute atomic E-state index is 0.192. The van der Waals surface area contributed by atoms with E-state index in [1.165, 1.54) is 11.0 Å². The summed E-state index contributed by atoms with van der Waals surface area (Å²) >= 11 is 0. The lowest BCUT2D eigenvalue weighted by atomic mass is 10.1. The van der Waals surface area contributed by atoms with Gasteiger partial charge in [0.25, 0.3) is 5.91 Å². The topological polar surface area (TPSA) is 79.3 Å². The van der Waals surface area contributed by atoms with Crippen molar-refractivity contribution in [2.75, 3.05) is 31.5 Å². The van der Waals surface area contributed by atoms with E-state index in [1.807, 2.05) is 0 Å². The first-order chi connectivity index (χ1) is 13.5. The third kappa shape index (κ3) is 4.53. The molecule has 0 spiro atoms. The van der Waals surface area contributed by atoms with Crippen molar-refractivity contribution in [2.24, 2.45) is 0 Å². The number of aromatic nitrogens is 2. The first-order valence-corrected chi connectivity index (χ1v) is 9.28. The number of hydrogen-bond acceptors (Lipinski definition) is 4. The van der Waals surface area contributed by atoms with E-state index in [1.54, 1.807) is 23.9 Å². The van der Waals surface area contributed by atoms with E-state index in [4.69, 9.17) is 0 Å². The van der Waals surface area contributed by atoms with Crippen molar-refractivity contribution in [3.8, 4) is 0 Å². The van der Waals surface area contributed by atoms with Crippen LogP contribution in [-0.2, 0) is 4.79 Å². The predicted molar refractivity (Wildman–Crippen MR) is 99.9 cm³/mol. The number of piperidine rings is 1. The molecule has 0 aliphatic carbocycles. The number of halogens is 2. The highest BCUT2D eigenvalue weighted by Crippen LogP contribution is 2.18. The maximum atomic E-state index is 13.7. The Kier molecular flexibility index (Phi) is 6.35. The molecule has 1 atom stereocenters. The van der Waals surface area contributed by atoms with Gasteiger partial charge >= 0.3 is 0 Å². The van der Waals surface area contributed by atoms with Crippen LogP contribution < -0.4 is 10.6 Å². The van der Waals surface area contributed by atoms with Gasteiger partial charge in [0.2, 0.25) is 5.91 Å². The summed E-state index contributed by atoms with van der Waals surface area (Å²) in [7, 11) is 0. The molecule has 3 rings (SSSR count). The average Bonchev–Trinajstić information content (AvgIpc) is 3.19. The normalized spacial score (nSPS) is 16.6. The third-order valence-corrected chi connectivity index (χ3v) is 4.70. The van der Waals surface area contributed by atoms with Crippen LogP contribution in [0.2, 0.25) is 0 Å². The van der Waals surface area contributed by atoms with Gasteiger partial charge in [0, 0.05) is 19.3 Å². The summed E-state index contributed by atoms with van der Waals surface area (Å²) in [5.41, 5.74) is -0.289. The van der Waals surface area contributed by atoms with E-state index < -0.39 is 29.1 Å². The molecule has 1 unspecified atom stereocenters. The fourth-order valence-electron chi connectivity index (χ4n) is 3.17. The number of likely N-dealkylation sites (N-methyl/N-ethyl adjacent to an activating group) is 1. The lowest BCUT2D eigenvalue weighted by Crippen LogP contribution is -2.38. The van der Waals surface area contributed by atoms with Crippen molar-refractivity contribution in [1.29, 1.82) is 0 Å². The Morgan fingerprint density at radius 1 is 1.32 bits per heavy atom. The van der Waals surface area contributed by atoms with Crippen LogP contribution in [0.3, 0.4) is 0 Å². The molecule has 2 N–H and O–H groups in total. The lowest BCUT2D eigenvalue weighted by Gasteiger charge is -2.23. The van der Waals surface area contributed by atoms with Crippen LogP contribution in [0.5, 0.6) is 0 Å². The number of carbonyl (C=O) groups excluding carboxylic acids is 2. The Balaban J connectivity index is 1.65. The molecule has 2 heterocycles. The summed E-state index contributed by atoms with van der Waals surface area (Å²) in [4.78, 5) is 26.2. The monoisotopic (exact) mass is 391 g/mol. The average molecular weight is 391 g/mol. The van der Waals surface area contributed by atoms with E-state index in [0.717, 1.165) is 38.1 Å². The number of nitrogens with one attached hydrogen (secondary N) is 2. The molecule has 0 radical (unpaired) electrons. The highest BCUT2D eigenvalue weighted by Gasteiger charge is 2.23. The Morgan fingerprint density at radius 2 is 2.07 bits per heavy atom. The molecule has 1 aromatic heterocycles. The highest BCUT2D eigenvalue weighted by atomic mass is 19.1. The van der Waals surface area contributed by atoms with Crippen molar-refractivity contribution in [1.82, 2.24) is 20.0 Å². The van der Waals surface area contributed by atoms with Gasteiger partial charge in [-0.05, 0) is 44.5 Å². The second-order valence-corrected chi connectivity index (χ2v) is 6.65. The largest absolute Gasteiger partial charge is 0.328 e. The van der Waals surface area contributed by atoms with Gasteiger partial charge in [0.15, 0.2) is 0 Å². The van der Waals surface area contributed by atoms with E-state index in [0.29, 0.717) is 0 Å². The molecule has 9 heteroatoms. The number of benzene rings is 1. The van der Waals surface area contributed by atoms with E-state index >= 15 is 0 Å². The summed E-state index contributed by atoms with van der Waals surface area (Å²) in [5, 5.41) is 9.84. The second kappa shape index (κ2) is 8.92. The molecule has 1 aliphatic rings. The summed E-state index contributed by atoms with van der Waals surface area (Å²) in [6.07, 6.45) is 3.78. The van der Waals surface area contributed by atoms with Crippen LogP contribution in [0.15, 0.2) is 30.5 Å². The van der Waals surface area contributed by atoms with Gasteiger partial charge < -0.3 is 15.5 Å². The van der Waals surface area contributed by atoms with Gasteiger partial charge in [0.1, 0.15) is 29.6 Å². The van der Waals surface area contributed by atoms with Crippen molar-refractivity contribution < 1.29 is 18.4 Å². The fraction of sp³-hybridized carbons (Fsp3) is 0.421. The zero-order valence-electron chi connectivity index (χ0n) is 15.6. The summed E-state index contributed by atoms with van der Waals surface area (Å²) < 4.78 is 29.1. The SMILES string of the molecule is CCN(CC(=O)Nc1c(F)cccc1F)C(=O)c1ccn(C2CCCNC2)n1. The van der Waals surface area contributed by atoms with Crippen molar-refractivity contribution >= 4 is 17.5 Å². The number of nitrogens with zero attached hydrogens (tertiary/aromatic N) is 3. The zero-order valence-corrected chi connectivity index (χ0v) is 15.6. The molecule has 1 aliphatic heterocycles. The van der Waals surface area contributed by atoms with E-state index in [2.05, 4.69) is 15.7 Å². The van der Waals surface area contributed by atoms with Crippen molar-refractivity contribution in [3.63, 3.8) is 0 Å². The first kappa shape index (κ1) is 19.9. The number of rotatable bonds is 6. The minimum atomic E-state index is -0.873. The van der Waals surface area contributed by atoms with Crippen LogP contribution in [0.1, 0.15) is 36.3 Å². The van der Waals surface area contributed by atoms with Crippen LogP contribution >= 0.6 is 0 Å². The number of anilines is 1. The smallest absolute Gasteiger partial charge is 0.274 e. The van der Waals surface area contributed by atoms with E-state index in [9.17, 15) is 18.4 Å². The molecule has 1 fully saturated rings. The molecule has 0 saturated carbocycles. The predicted octanol–water partition coefficient (Wildman–Crippen LogP) is 2.19. The van der Waals surface area contributed by atoms with Gasteiger partial charge in [-0.1, -0.05) is 6.07 Å². The molecule has 2 amide bonds. The van der Waals surface area contributed by atoms with Gasteiger partial charge in [0.05, 0.1) is 6.04 Å². The number of para-hydroxylation sites is 1. The minimum Gasteiger partial charge on any atom is -0.328 e. The number of amides is 2. The zero-order chi connectivity index (χ0) is 20.1. The summed E-state index contributed by atoms with van der Waals surface area (Å²) in [6.45, 7) is 3.41. The highest BCUT2D eigenvalue weighted by molar-refractivity contribution is 5.98. The van der Waals surface area contributed by atoms with Crippen LogP contribution in [0, 0.1) is 11.6 Å². The Bertz CT molecular complexity index is 828. The summed E-state index contributed by atoms with van der Waals surface area (Å²) in [6, 6.07) is 5.12. The maximum Gasteiger partial charge on any atom is 0.274 e. The van der Waals surface area contributed by atoms with Crippen LogP contribution in [0.4, 0.5) is 14.5 Å². The van der Waals surface area contributed by atoms with E-state index in [-0.39, 0.29) is 24.8 Å². The van der Waals surface area contributed by atoms with Crippen molar-refractivity contribution in [2.45, 2.75) is 25.8 Å². The Morgan fingerprint density at radius 3 is 2.71 bits per heavy atom. The molecule has 0 bridgehead atoms. The molecule has 28 heavy (non-hydrogen) atoms. The molecular weight excluding hydrogens is 368 g/mol. The van der Waals surface area contributed by atoms with Crippen LogP contribution in [0.25, 0.3) is 0 Å². The van der Waals surface area contributed by atoms with Gasteiger partial charge in [-0.25, -0.2) is 8.78 Å². The van der Waals surface area contributed by atoms with Gasteiger partial charge in [-0.15, -0.1) is 0 Å². The lowest BCUT2D eigenvalue weighted by molar-refractivity contribution is -0.116. The van der Waals surface area contributed by atoms with Gasteiger partial charge in [-0.3, -0.25) is 14.3 Å². The molecular formula is C19H23F2N5O2. The van der Waals surface area contributed by atoms with Gasteiger partial charge in [-0.2, -0.15) is 5.10 Å². The molecule has 1 aromatic carbocycles. The Hall–Kier alpha value is -2.81. The molecule has 2 aromatic rings. The first-order valence-electron chi connectivity index (χ1n) is 9.28. The number of carbonyl (C=O) groups is 2. The fourth-order valence-corrected chi connectivity index (χ4v) is 3.17. The second-order valence-electron chi connectivity index (χ2n) is 6.65. The Labute approximate surface area is 161 Å². The quantitative estimate of drug-likeness (QED) is 0.791. The maximum absolute atomic E-state index is 13.7. The van der Waals surface area contributed by atoms with Crippen LogP contribution in [-0.4, -0.2) is 52.7 Å². The third-order valence-electron chi connectivity index (χ3n) is 4.70. The standard InChI is InChI=1S/C19H23F2N5O2/c1-2-25(12-17(27)23-18-14(20)6-3-7-15(18)21)19(28)16-8-10-26(24-16)13-5-4-9-22-11-13/h3,6-8,10,13,22H,2,4-5,9,11-12H2,1H3,(H,23,27). The molecule has 7 nitrogen and oxygen atoms in total. The number of hydrogen-bond donors (Lipinski definition) is 2. The summed E-state index contributed by atoms with van der Waals surface area (Å²) in [5.74, 6) is -2.84. The molecule has 150 valence electrons.